The highest BCUT2D eigenvalue weighted by Crippen LogP contribution is 2.22. The van der Waals surface area contributed by atoms with Gasteiger partial charge in [-0.1, -0.05) is 12.1 Å². The summed E-state index contributed by atoms with van der Waals surface area (Å²) < 4.78 is 26.9. The molecular weight excluding hydrogens is 416 g/mol. The fraction of sp³-hybridized carbons (Fsp3) is 0.0435. The maximum Gasteiger partial charge on any atom is 0.233 e. The number of carbonyl (C=O) groups excluding carboxylic acids is 2. The molecule has 0 fully saturated rings. The zero-order valence-electron chi connectivity index (χ0n) is 16.6. The van der Waals surface area contributed by atoms with Crippen LogP contribution in [0.3, 0.4) is 0 Å². The van der Waals surface area contributed by atoms with E-state index in [-0.39, 0.29) is 5.69 Å². The van der Waals surface area contributed by atoms with E-state index in [9.17, 15) is 18.4 Å². The minimum Gasteiger partial charge on any atom is -0.326 e. The van der Waals surface area contributed by atoms with Crippen LogP contribution in [0.1, 0.15) is 17.8 Å². The second-order valence-corrected chi connectivity index (χ2v) is 6.83. The maximum atomic E-state index is 13.6. The standard InChI is InChI=1S/C23H17F2N5O2/c24-17-5-3-6-19(23(17)25)28-22(32)13-21(31)27-15-7-9-16-18(29-30-20(16)12-15)10-8-14-4-1-2-11-26-14/h1-12H,13H2,(H,27,31)(H,28,32)(H,29,30). The Balaban J connectivity index is 1.39. The van der Waals surface area contributed by atoms with Gasteiger partial charge in [-0.15, -0.1) is 0 Å². The number of benzene rings is 2. The number of rotatable bonds is 6. The quantitative estimate of drug-likeness (QED) is 0.393. The predicted octanol–water partition coefficient (Wildman–Crippen LogP) is 4.37. The zero-order valence-corrected chi connectivity index (χ0v) is 16.6. The Morgan fingerprint density at radius 3 is 2.62 bits per heavy atom. The Labute approximate surface area is 181 Å². The summed E-state index contributed by atoms with van der Waals surface area (Å²) in [6.45, 7) is 0. The normalized spacial score (nSPS) is 11.1. The van der Waals surface area contributed by atoms with Gasteiger partial charge in [0.1, 0.15) is 6.42 Å². The van der Waals surface area contributed by atoms with E-state index in [2.05, 4.69) is 25.8 Å². The summed E-state index contributed by atoms with van der Waals surface area (Å²) in [5, 5.41) is 12.8. The van der Waals surface area contributed by atoms with Crippen molar-refractivity contribution in [1.29, 1.82) is 0 Å². The van der Waals surface area contributed by atoms with Crippen LogP contribution in [0.15, 0.2) is 60.8 Å². The molecule has 160 valence electrons. The van der Waals surface area contributed by atoms with Crippen molar-refractivity contribution < 1.29 is 18.4 Å². The van der Waals surface area contributed by atoms with Gasteiger partial charge in [-0.25, -0.2) is 8.78 Å². The molecule has 0 saturated carbocycles. The molecule has 0 atom stereocenters. The molecule has 7 nitrogen and oxygen atoms in total. The van der Waals surface area contributed by atoms with Crippen molar-refractivity contribution in [2.45, 2.75) is 6.42 Å². The van der Waals surface area contributed by atoms with Crippen molar-refractivity contribution in [1.82, 2.24) is 15.2 Å². The van der Waals surface area contributed by atoms with E-state index in [1.54, 1.807) is 24.4 Å². The summed E-state index contributed by atoms with van der Waals surface area (Å²) in [5.41, 5.74) is 2.32. The van der Waals surface area contributed by atoms with Gasteiger partial charge in [0, 0.05) is 17.3 Å². The number of aromatic nitrogens is 3. The maximum absolute atomic E-state index is 13.6. The number of amides is 2. The number of aromatic amines is 1. The van der Waals surface area contributed by atoms with Crippen LogP contribution in [0.5, 0.6) is 0 Å². The average molecular weight is 433 g/mol. The molecule has 0 aliphatic rings. The van der Waals surface area contributed by atoms with Crippen molar-refractivity contribution in [3.05, 3.63) is 83.8 Å². The molecule has 2 aromatic carbocycles. The van der Waals surface area contributed by atoms with E-state index in [1.165, 1.54) is 12.1 Å². The average Bonchev–Trinajstić information content (AvgIpc) is 3.18. The van der Waals surface area contributed by atoms with Gasteiger partial charge in [-0.3, -0.25) is 19.7 Å². The van der Waals surface area contributed by atoms with E-state index in [1.807, 2.05) is 30.4 Å². The molecule has 0 saturated heterocycles. The predicted molar refractivity (Wildman–Crippen MR) is 117 cm³/mol. The number of anilines is 2. The van der Waals surface area contributed by atoms with Crippen molar-refractivity contribution in [2.24, 2.45) is 0 Å². The molecule has 0 spiro atoms. The summed E-state index contributed by atoms with van der Waals surface area (Å²) in [7, 11) is 0. The SMILES string of the molecule is O=C(CC(=O)Nc1cccc(F)c1F)Nc1ccc2c(C=Cc3ccccn3)n[nH]c2c1. The molecule has 32 heavy (non-hydrogen) atoms. The molecule has 0 radical (unpaired) electrons. The second-order valence-electron chi connectivity index (χ2n) is 6.83. The lowest BCUT2D eigenvalue weighted by Crippen LogP contribution is -2.22. The van der Waals surface area contributed by atoms with Crippen molar-refractivity contribution in [3.63, 3.8) is 0 Å². The van der Waals surface area contributed by atoms with Crippen molar-refractivity contribution >= 4 is 46.2 Å². The van der Waals surface area contributed by atoms with Gasteiger partial charge in [0.25, 0.3) is 0 Å². The van der Waals surface area contributed by atoms with Crippen molar-refractivity contribution in [2.75, 3.05) is 10.6 Å². The molecular formula is C23H17F2N5O2. The van der Waals surface area contributed by atoms with Crippen LogP contribution in [0.4, 0.5) is 20.2 Å². The van der Waals surface area contributed by atoms with Gasteiger partial charge in [-0.05, 0) is 54.6 Å². The monoisotopic (exact) mass is 433 g/mol. The number of hydrogen-bond donors (Lipinski definition) is 3. The first-order valence-corrected chi connectivity index (χ1v) is 9.60. The number of halogens is 2. The highest BCUT2D eigenvalue weighted by Gasteiger charge is 2.14. The summed E-state index contributed by atoms with van der Waals surface area (Å²) in [6.07, 6.45) is 4.81. The van der Waals surface area contributed by atoms with E-state index >= 15 is 0 Å². The third-order valence-electron chi connectivity index (χ3n) is 4.52. The third kappa shape index (κ3) is 4.84. The number of H-pyrrole nitrogens is 1. The summed E-state index contributed by atoms with van der Waals surface area (Å²) in [4.78, 5) is 28.4. The van der Waals surface area contributed by atoms with Crippen molar-refractivity contribution in [3.8, 4) is 0 Å². The molecule has 2 aromatic heterocycles. The van der Waals surface area contributed by atoms with Gasteiger partial charge in [-0.2, -0.15) is 5.10 Å². The number of carbonyl (C=O) groups is 2. The Morgan fingerprint density at radius 1 is 0.969 bits per heavy atom. The second kappa shape index (κ2) is 9.17. The molecule has 0 bridgehead atoms. The van der Waals surface area contributed by atoms with Gasteiger partial charge >= 0.3 is 0 Å². The molecule has 4 rings (SSSR count). The van der Waals surface area contributed by atoms with Crippen LogP contribution in [0.25, 0.3) is 23.1 Å². The van der Waals surface area contributed by atoms with Crippen LogP contribution < -0.4 is 10.6 Å². The smallest absolute Gasteiger partial charge is 0.233 e. The first-order chi connectivity index (χ1) is 15.5. The number of fused-ring (bicyclic) bond motifs is 1. The highest BCUT2D eigenvalue weighted by atomic mass is 19.2. The zero-order chi connectivity index (χ0) is 22.5. The Morgan fingerprint density at radius 2 is 1.81 bits per heavy atom. The molecule has 3 N–H and O–H groups in total. The third-order valence-corrected chi connectivity index (χ3v) is 4.52. The van der Waals surface area contributed by atoms with Crippen LogP contribution in [0.2, 0.25) is 0 Å². The van der Waals surface area contributed by atoms with E-state index in [0.717, 1.165) is 17.1 Å². The lowest BCUT2D eigenvalue weighted by Gasteiger charge is -2.08. The van der Waals surface area contributed by atoms with Crippen LogP contribution in [0, 0.1) is 11.6 Å². The van der Waals surface area contributed by atoms with E-state index in [0.29, 0.717) is 16.9 Å². The largest absolute Gasteiger partial charge is 0.326 e. The van der Waals surface area contributed by atoms with Crippen LogP contribution in [-0.2, 0) is 9.59 Å². The molecule has 9 heteroatoms. The van der Waals surface area contributed by atoms with Gasteiger partial charge < -0.3 is 10.6 Å². The summed E-state index contributed by atoms with van der Waals surface area (Å²) in [5.74, 6) is -3.64. The molecule has 4 aromatic rings. The molecule has 0 aliphatic carbocycles. The number of hydrogen-bond acceptors (Lipinski definition) is 4. The van der Waals surface area contributed by atoms with Gasteiger partial charge in [0.15, 0.2) is 11.6 Å². The number of nitrogens with one attached hydrogen (secondary N) is 3. The molecule has 2 amide bonds. The summed E-state index contributed by atoms with van der Waals surface area (Å²) >= 11 is 0. The first kappa shape index (κ1) is 20.9. The van der Waals surface area contributed by atoms with Crippen LogP contribution >= 0.6 is 0 Å². The number of nitrogens with zero attached hydrogens (tertiary/aromatic N) is 2. The minimum atomic E-state index is -1.18. The Kier molecular flexibility index (Phi) is 5.98. The van der Waals surface area contributed by atoms with E-state index < -0.39 is 29.9 Å². The Bertz CT molecular complexity index is 1320. The molecule has 0 aliphatic heterocycles. The highest BCUT2D eigenvalue weighted by molar-refractivity contribution is 6.08. The molecule has 0 unspecified atom stereocenters. The van der Waals surface area contributed by atoms with Crippen LogP contribution in [-0.4, -0.2) is 27.0 Å². The minimum absolute atomic E-state index is 0.326. The summed E-state index contributed by atoms with van der Waals surface area (Å²) in [6, 6.07) is 14.1. The fourth-order valence-corrected chi connectivity index (χ4v) is 3.03. The lowest BCUT2D eigenvalue weighted by atomic mass is 10.1. The van der Waals surface area contributed by atoms with Gasteiger partial charge in [0.2, 0.25) is 11.8 Å². The molecule has 2 heterocycles. The topological polar surface area (TPSA) is 99.8 Å². The number of pyridine rings is 1. The lowest BCUT2D eigenvalue weighted by molar-refractivity contribution is -0.123. The first-order valence-electron chi connectivity index (χ1n) is 9.60. The van der Waals surface area contributed by atoms with Gasteiger partial charge in [0.05, 0.1) is 22.6 Å². The Hall–Kier alpha value is -4.40. The fourth-order valence-electron chi connectivity index (χ4n) is 3.03. The van der Waals surface area contributed by atoms with E-state index in [4.69, 9.17) is 0 Å².